The fourth-order valence-electron chi connectivity index (χ4n) is 4.08. The number of aromatic amines is 1. The van der Waals surface area contributed by atoms with Crippen LogP contribution < -0.4 is 10.2 Å². The summed E-state index contributed by atoms with van der Waals surface area (Å²) < 4.78 is 69.2. The summed E-state index contributed by atoms with van der Waals surface area (Å²) in [6, 6.07) is -0.886. The Morgan fingerprint density at radius 2 is 2.06 bits per heavy atom. The molecule has 3 N–H and O–H groups in total. The van der Waals surface area contributed by atoms with Gasteiger partial charge >= 0.3 is 6.18 Å². The average Bonchev–Trinajstić information content (AvgIpc) is 3.46. The first-order valence-electron chi connectivity index (χ1n) is 10.7. The van der Waals surface area contributed by atoms with E-state index in [-0.39, 0.29) is 31.8 Å². The highest BCUT2D eigenvalue weighted by Crippen LogP contribution is 2.38. The number of aromatic nitrogens is 4. The smallest absolute Gasteiger partial charge is 0.390 e. The molecule has 0 radical (unpaired) electrons. The fourth-order valence-corrected chi connectivity index (χ4v) is 4.08. The lowest BCUT2D eigenvalue weighted by Crippen LogP contribution is -2.63. The summed E-state index contributed by atoms with van der Waals surface area (Å²) in [6.45, 7) is 0.734. The van der Waals surface area contributed by atoms with E-state index in [1.165, 1.54) is 4.90 Å². The number of alkyl halides is 3. The zero-order valence-corrected chi connectivity index (χ0v) is 18.9. The summed E-state index contributed by atoms with van der Waals surface area (Å²) in [5.41, 5.74) is 0.0182. The maximum absolute atomic E-state index is 14.8. The molecule has 1 fully saturated rings. The Balaban J connectivity index is 1.54. The van der Waals surface area contributed by atoms with Gasteiger partial charge in [-0.2, -0.15) is 23.4 Å². The molecule has 1 atom stereocenters. The molecule has 0 bridgehead atoms. The standard InChI is InChI=1S/C23H21F5N6O2/c1-3-4-22(34-9-14(7-30-34)16-8-29-32-19(16)10-35)11-33(12-22)20-6-17(24)15(5-18(20)25)21(36)31-13(2)23(26,27)28/h1,5-9,13,35H,4,10-12H2,2H3,(H,29,32)(H,31,36)/t13-/m0/s1. The van der Waals surface area contributed by atoms with E-state index < -0.39 is 40.9 Å². The number of terminal acetylenes is 1. The van der Waals surface area contributed by atoms with E-state index >= 15 is 0 Å². The zero-order chi connectivity index (χ0) is 26.3. The minimum absolute atomic E-state index is 0.156. The van der Waals surface area contributed by atoms with Crippen molar-refractivity contribution in [1.82, 2.24) is 25.3 Å². The lowest BCUT2D eigenvalue weighted by Gasteiger charge is -2.50. The number of carbonyl (C=O) groups is 1. The van der Waals surface area contributed by atoms with E-state index in [4.69, 9.17) is 6.42 Å². The second kappa shape index (κ2) is 9.27. The molecule has 0 saturated carbocycles. The molecular weight excluding hydrogens is 487 g/mol. The Bertz CT molecular complexity index is 1320. The van der Waals surface area contributed by atoms with E-state index in [1.807, 2.05) is 0 Å². The van der Waals surface area contributed by atoms with Crippen molar-refractivity contribution in [2.75, 3.05) is 18.0 Å². The van der Waals surface area contributed by atoms with Crippen molar-refractivity contribution >= 4 is 11.6 Å². The number of hydrogen-bond acceptors (Lipinski definition) is 5. The molecule has 190 valence electrons. The Hall–Kier alpha value is -3.92. The van der Waals surface area contributed by atoms with Crippen LogP contribution >= 0.6 is 0 Å². The van der Waals surface area contributed by atoms with Gasteiger partial charge in [0.2, 0.25) is 0 Å². The molecule has 1 aliphatic heterocycles. The van der Waals surface area contributed by atoms with Gasteiger partial charge in [-0.15, -0.1) is 12.3 Å². The van der Waals surface area contributed by atoms with Gasteiger partial charge in [0.15, 0.2) is 0 Å². The fraction of sp³-hybridized carbons (Fsp3) is 0.348. The second-order valence-corrected chi connectivity index (χ2v) is 8.56. The van der Waals surface area contributed by atoms with Gasteiger partial charge in [-0.25, -0.2) is 8.78 Å². The number of H-pyrrole nitrogens is 1. The molecule has 3 heterocycles. The van der Waals surface area contributed by atoms with Crippen LogP contribution in [-0.4, -0.2) is 56.3 Å². The number of nitrogens with one attached hydrogen (secondary N) is 2. The first kappa shape index (κ1) is 25.2. The summed E-state index contributed by atoms with van der Waals surface area (Å²) in [4.78, 5) is 13.6. The van der Waals surface area contributed by atoms with Gasteiger partial charge in [-0.1, -0.05) is 0 Å². The van der Waals surface area contributed by atoms with Crippen LogP contribution in [0.2, 0.25) is 0 Å². The van der Waals surface area contributed by atoms with Crippen LogP contribution in [0.25, 0.3) is 11.1 Å². The molecular formula is C23H21F5N6O2. The number of nitrogens with zero attached hydrogens (tertiary/aromatic N) is 4. The van der Waals surface area contributed by atoms with Gasteiger partial charge in [0.05, 0.1) is 29.7 Å². The number of aliphatic hydroxyl groups is 1. The molecule has 0 unspecified atom stereocenters. The summed E-state index contributed by atoms with van der Waals surface area (Å²) in [5, 5.41) is 22.0. The van der Waals surface area contributed by atoms with Gasteiger partial charge in [0.1, 0.15) is 23.2 Å². The second-order valence-electron chi connectivity index (χ2n) is 8.56. The minimum atomic E-state index is -4.73. The van der Waals surface area contributed by atoms with Crippen LogP contribution in [0.3, 0.4) is 0 Å². The summed E-state index contributed by atoms with van der Waals surface area (Å²) in [5.74, 6) is -0.938. The number of anilines is 1. The SMILES string of the molecule is C#CCC1(n2cc(-c3c[nH]nc3CO)cn2)CN(c2cc(F)c(C(=O)N[C@@H](C)C(F)(F)F)cc2F)C1. The van der Waals surface area contributed by atoms with Crippen LogP contribution in [0.15, 0.2) is 30.7 Å². The van der Waals surface area contributed by atoms with E-state index in [1.54, 1.807) is 28.6 Å². The molecule has 0 spiro atoms. The topological polar surface area (TPSA) is 99.1 Å². The summed E-state index contributed by atoms with van der Waals surface area (Å²) >= 11 is 0. The van der Waals surface area contributed by atoms with Gasteiger partial charge in [0, 0.05) is 49.1 Å². The van der Waals surface area contributed by atoms with Crippen molar-refractivity contribution in [3.8, 4) is 23.5 Å². The predicted octanol–water partition coefficient (Wildman–Crippen LogP) is 2.96. The highest BCUT2D eigenvalue weighted by molar-refractivity contribution is 5.95. The number of benzene rings is 1. The van der Waals surface area contributed by atoms with Crippen molar-refractivity contribution < 1.29 is 31.9 Å². The third-order valence-corrected chi connectivity index (χ3v) is 6.11. The summed E-state index contributed by atoms with van der Waals surface area (Å²) in [7, 11) is 0. The normalized spacial score (nSPS) is 15.8. The Labute approximate surface area is 202 Å². The molecule has 8 nitrogen and oxygen atoms in total. The monoisotopic (exact) mass is 508 g/mol. The van der Waals surface area contributed by atoms with Crippen molar-refractivity contribution in [2.45, 2.75) is 37.7 Å². The van der Waals surface area contributed by atoms with Crippen LogP contribution in [0.4, 0.5) is 27.6 Å². The van der Waals surface area contributed by atoms with E-state index in [9.17, 15) is 31.9 Å². The molecule has 3 aromatic rings. The Kier molecular flexibility index (Phi) is 6.48. The minimum Gasteiger partial charge on any atom is -0.390 e. The number of amides is 1. The number of carbonyl (C=O) groups excluding carboxylic acids is 1. The van der Waals surface area contributed by atoms with Crippen molar-refractivity contribution in [3.63, 3.8) is 0 Å². The first-order valence-corrected chi connectivity index (χ1v) is 10.7. The average molecular weight is 508 g/mol. The molecule has 1 aliphatic rings. The number of halogens is 5. The molecule has 1 amide bonds. The van der Waals surface area contributed by atoms with E-state index in [0.717, 1.165) is 6.07 Å². The Morgan fingerprint density at radius 3 is 2.69 bits per heavy atom. The highest BCUT2D eigenvalue weighted by atomic mass is 19.4. The molecule has 0 aliphatic carbocycles. The van der Waals surface area contributed by atoms with E-state index in [0.29, 0.717) is 29.8 Å². The lowest BCUT2D eigenvalue weighted by molar-refractivity contribution is -0.149. The van der Waals surface area contributed by atoms with Gasteiger partial charge < -0.3 is 15.3 Å². The quantitative estimate of drug-likeness (QED) is 0.337. The third-order valence-electron chi connectivity index (χ3n) is 6.11. The van der Waals surface area contributed by atoms with Crippen molar-refractivity contribution in [1.29, 1.82) is 0 Å². The van der Waals surface area contributed by atoms with Gasteiger partial charge in [0.25, 0.3) is 5.91 Å². The zero-order valence-electron chi connectivity index (χ0n) is 18.9. The molecule has 13 heteroatoms. The Morgan fingerprint density at radius 1 is 1.33 bits per heavy atom. The maximum atomic E-state index is 14.8. The maximum Gasteiger partial charge on any atom is 0.408 e. The van der Waals surface area contributed by atoms with E-state index in [2.05, 4.69) is 21.2 Å². The predicted molar refractivity (Wildman–Crippen MR) is 119 cm³/mol. The number of hydrogen-bond donors (Lipinski definition) is 3. The molecule has 1 aromatic carbocycles. The molecule has 4 rings (SSSR count). The highest BCUT2D eigenvalue weighted by Gasteiger charge is 2.46. The largest absolute Gasteiger partial charge is 0.408 e. The van der Waals surface area contributed by atoms with Crippen LogP contribution in [0, 0.1) is 24.0 Å². The third kappa shape index (κ3) is 4.51. The lowest BCUT2D eigenvalue weighted by atomic mass is 9.86. The molecule has 36 heavy (non-hydrogen) atoms. The molecule has 2 aromatic heterocycles. The number of rotatable bonds is 7. The summed E-state index contributed by atoms with van der Waals surface area (Å²) in [6.07, 6.45) is 5.94. The van der Waals surface area contributed by atoms with Gasteiger partial charge in [-0.3, -0.25) is 14.6 Å². The molecule has 1 saturated heterocycles. The van der Waals surface area contributed by atoms with Crippen molar-refractivity contribution in [2.24, 2.45) is 0 Å². The van der Waals surface area contributed by atoms with Crippen molar-refractivity contribution in [3.05, 3.63) is 53.6 Å². The van der Waals surface area contributed by atoms with Crippen LogP contribution in [0.1, 0.15) is 29.4 Å². The van der Waals surface area contributed by atoms with Gasteiger partial charge in [-0.05, 0) is 13.0 Å². The number of aliphatic hydroxyl groups excluding tert-OH is 1. The first-order chi connectivity index (χ1) is 17.0. The van der Waals surface area contributed by atoms with Crippen LogP contribution in [-0.2, 0) is 12.1 Å². The van der Waals surface area contributed by atoms with Crippen LogP contribution in [0.5, 0.6) is 0 Å².